The Kier molecular flexibility index (Phi) is 5.48. The van der Waals surface area contributed by atoms with E-state index in [1.54, 1.807) is 19.3 Å². The number of esters is 1. The molecule has 1 aromatic rings. The summed E-state index contributed by atoms with van der Waals surface area (Å²) in [5, 5.41) is -0.299. The van der Waals surface area contributed by atoms with Gasteiger partial charge >= 0.3 is 11.2 Å². The summed E-state index contributed by atoms with van der Waals surface area (Å²) >= 11 is 0.878. The van der Waals surface area contributed by atoms with Gasteiger partial charge in [-0.15, -0.1) is 5.43 Å². The van der Waals surface area contributed by atoms with E-state index in [0.29, 0.717) is 6.61 Å². The van der Waals surface area contributed by atoms with Crippen molar-refractivity contribution in [2.24, 2.45) is 0 Å². The molecular weight excluding hydrogens is 240 g/mol. The molecular formula is C11H15N2O3S+. The molecule has 0 bridgehead atoms. The van der Waals surface area contributed by atoms with Gasteiger partial charge in [-0.3, -0.25) is 9.59 Å². The molecule has 0 saturated heterocycles. The highest BCUT2D eigenvalue weighted by molar-refractivity contribution is 8.14. The molecule has 1 amide bonds. The van der Waals surface area contributed by atoms with Crippen molar-refractivity contribution in [1.82, 2.24) is 0 Å². The molecule has 0 spiro atoms. The predicted molar refractivity (Wildman–Crippen MR) is 65.2 cm³/mol. The van der Waals surface area contributed by atoms with E-state index in [9.17, 15) is 9.59 Å². The van der Waals surface area contributed by atoms with E-state index in [4.69, 9.17) is 4.74 Å². The summed E-state index contributed by atoms with van der Waals surface area (Å²) in [6, 6.07) is 3.74. The van der Waals surface area contributed by atoms with E-state index in [1.165, 1.54) is 4.68 Å². The summed E-state index contributed by atoms with van der Waals surface area (Å²) in [6.07, 6.45) is 3.47. The molecule has 5 nitrogen and oxygen atoms in total. The van der Waals surface area contributed by atoms with Crippen molar-refractivity contribution in [3.63, 3.8) is 0 Å². The van der Waals surface area contributed by atoms with Crippen molar-refractivity contribution < 1.29 is 19.0 Å². The molecule has 0 saturated carbocycles. The van der Waals surface area contributed by atoms with Crippen LogP contribution in [0, 0.1) is 6.92 Å². The van der Waals surface area contributed by atoms with E-state index in [1.807, 2.05) is 19.1 Å². The van der Waals surface area contributed by atoms with Gasteiger partial charge in [-0.05, 0) is 31.2 Å². The van der Waals surface area contributed by atoms with Crippen LogP contribution in [0.4, 0.5) is 4.79 Å². The van der Waals surface area contributed by atoms with Crippen molar-refractivity contribution in [3.8, 4) is 0 Å². The molecule has 1 aromatic heterocycles. The van der Waals surface area contributed by atoms with E-state index in [0.717, 1.165) is 17.3 Å². The van der Waals surface area contributed by atoms with Crippen LogP contribution in [0.2, 0.25) is 0 Å². The van der Waals surface area contributed by atoms with Gasteiger partial charge in [0.05, 0.1) is 6.61 Å². The molecule has 0 aliphatic rings. The SMILES string of the molecule is CCOC(=O)CSC(=O)N[n+]1ccc(C)cc1. The smallest absolute Gasteiger partial charge is 0.333 e. The first-order valence-electron chi connectivity index (χ1n) is 5.19. The zero-order valence-electron chi connectivity index (χ0n) is 9.80. The second-order valence-corrected chi connectivity index (χ2v) is 4.22. The lowest BCUT2D eigenvalue weighted by molar-refractivity contribution is -0.640. The summed E-state index contributed by atoms with van der Waals surface area (Å²) in [5.41, 5.74) is 3.71. The van der Waals surface area contributed by atoms with E-state index in [2.05, 4.69) is 5.43 Å². The highest BCUT2D eigenvalue weighted by atomic mass is 32.2. The second-order valence-electron chi connectivity index (χ2n) is 3.28. The minimum Gasteiger partial charge on any atom is -0.465 e. The number of thioether (sulfide) groups is 1. The van der Waals surface area contributed by atoms with Crippen molar-refractivity contribution in [1.29, 1.82) is 0 Å². The Balaban J connectivity index is 2.34. The number of nitrogens with zero attached hydrogens (tertiary/aromatic N) is 1. The lowest BCUT2D eigenvalue weighted by Crippen LogP contribution is -2.46. The molecule has 0 aliphatic heterocycles. The van der Waals surface area contributed by atoms with Gasteiger partial charge in [0.2, 0.25) is 0 Å². The van der Waals surface area contributed by atoms with Crippen LogP contribution in [-0.2, 0) is 9.53 Å². The van der Waals surface area contributed by atoms with Crippen LogP contribution in [0.15, 0.2) is 24.5 Å². The number of aryl methyl sites for hydroxylation is 1. The summed E-state index contributed by atoms with van der Waals surface area (Å²) in [5.74, 6) is -0.368. The van der Waals surface area contributed by atoms with Crippen LogP contribution in [-0.4, -0.2) is 23.6 Å². The number of hydrogen-bond donors (Lipinski definition) is 1. The lowest BCUT2D eigenvalue weighted by atomic mass is 10.3. The van der Waals surface area contributed by atoms with Gasteiger partial charge in [0.1, 0.15) is 5.75 Å². The standard InChI is InChI=1S/C11H14N2O3S/c1-3-16-10(14)8-17-11(15)12-13-6-4-9(2)5-7-13/h4-7H,3,8H2,1-2H3/p+1. The largest absolute Gasteiger partial charge is 0.465 e. The topological polar surface area (TPSA) is 59.3 Å². The number of ether oxygens (including phenoxy) is 1. The molecule has 0 radical (unpaired) electrons. The summed E-state index contributed by atoms with van der Waals surface area (Å²) in [7, 11) is 0. The van der Waals surface area contributed by atoms with Gasteiger partial charge in [-0.1, -0.05) is 4.68 Å². The third kappa shape index (κ3) is 5.35. The number of pyridine rings is 1. The maximum absolute atomic E-state index is 11.4. The normalized spacial score (nSPS) is 9.76. The molecule has 1 heterocycles. The number of amides is 1. The fourth-order valence-electron chi connectivity index (χ4n) is 1.04. The number of hydrogen-bond acceptors (Lipinski definition) is 4. The third-order valence-corrected chi connectivity index (χ3v) is 2.58. The van der Waals surface area contributed by atoms with Crippen LogP contribution in [0.3, 0.4) is 0 Å². The van der Waals surface area contributed by atoms with Crippen LogP contribution in [0.25, 0.3) is 0 Å². The second kappa shape index (κ2) is 6.90. The highest BCUT2D eigenvalue weighted by Gasteiger charge is 2.11. The number of aromatic nitrogens is 1. The Morgan fingerprint density at radius 3 is 2.65 bits per heavy atom. The maximum atomic E-state index is 11.4. The van der Waals surface area contributed by atoms with Crippen LogP contribution < -0.4 is 10.1 Å². The molecule has 17 heavy (non-hydrogen) atoms. The van der Waals surface area contributed by atoms with Gasteiger partial charge < -0.3 is 4.74 Å². The fourth-order valence-corrected chi connectivity index (χ4v) is 1.54. The quantitative estimate of drug-likeness (QED) is 0.649. The Hall–Kier alpha value is -1.56. The summed E-state index contributed by atoms with van der Waals surface area (Å²) in [6.45, 7) is 4.01. The van der Waals surface area contributed by atoms with Crippen LogP contribution in [0.5, 0.6) is 0 Å². The number of carbonyl (C=O) groups excluding carboxylic acids is 2. The van der Waals surface area contributed by atoms with Crippen LogP contribution >= 0.6 is 11.8 Å². The van der Waals surface area contributed by atoms with Gasteiger partial charge in [0, 0.05) is 12.1 Å². The molecule has 1 N–H and O–H groups in total. The zero-order chi connectivity index (χ0) is 12.7. The average Bonchev–Trinajstić information content (AvgIpc) is 2.30. The first-order valence-corrected chi connectivity index (χ1v) is 6.17. The van der Waals surface area contributed by atoms with Crippen molar-refractivity contribution in [3.05, 3.63) is 30.1 Å². The molecule has 1 rings (SSSR count). The highest BCUT2D eigenvalue weighted by Crippen LogP contribution is 2.02. The Labute approximate surface area is 104 Å². The Bertz CT molecular complexity index is 392. The monoisotopic (exact) mass is 255 g/mol. The Morgan fingerprint density at radius 1 is 1.41 bits per heavy atom. The number of nitrogens with one attached hydrogen (secondary N) is 1. The lowest BCUT2D eigenvalue weighted by Gasteiger charge is -2.00. The van der Waals surface area contributed by atoms with Gasteiger partial charge in [0.15, 0.2) is 12.4 Å². The fraction of sp³-hybridized carbons (Fsp3) is 0.364. The molecule has 92 valence electrons. The van der Waals surface area contributed by atoms with Crippen molar-refractivity contribution >= 4 is 23.0 Å². The first kappa shape index (κ1) is 13.5. The molecule has 6 heteroatoms. The van der Waals surface area contributed by atoms with Gasteiger partial charge in [0.25, 0.3) is 0 Å². The molecule has 0 atom stereocenters. The molecule has 0 unspecified atom stereocenters. The Morgan fingerprint density at radius 2 is 2.06 bits per heavy atom. The maximum Gasteiger partial charge on any atom is 0.333 e. The first-order chi connectivity index (χ1) is 8.11. The minimum absolute atomic E-state index is 0.0199. The zero-order valence-corrected chi connectivity index (χ0v) is 10.6. The average molecular weight is 255 g/mol. The molecule has 0 aliphatic carbocycles. The van der Waals surface area contributed by atoms with Crippen LogP contribution in [0.1, 0.15) is 12.5 Å². The van der Waals surface area contributed by atoms with Gasteiger partial charge in [-0.25, -0.2) is 0 Å². The molecule has 0 aromatic carbocycles. The summed E-state index contributed by atoms with van der Waals surface area (Å²) in [4.78, 5) is 22.4. The summed E-state index contributed by atoms with van der Waals surface area (Å²) < 4.78 is 6.25. The third-order valence-electron chi connectivity index (χ3n) is 1.84. The molecule has 0 fully saturated rings. The number of carbonyl (C=O) groups is 2. The van der Waals surface area contributed by atoms with E-state index < -0.39 is 0 Å². The van der Waals surface area contributed by atoms with E-state index >= 15 is 0 Å². The van der Waals surface area contributed by atoms with Crippen molar-refractivity contribution in [2.75, 3.05) is 17.8 Å². The van der Waals surface area contributed by atoms with E-state index in [-0.39, 0.29) is 17.0 Å². The number of rotatable bonds is 4. The predicted octanol–water partition coefficient (Wildman–Crippen LogP) is 1.24. The minimum atomic E-state index is -0.387. The van der Waals surface area contributed by atoms with Gasteiger partial charge in [-0.2, -0.15) is 0 Å². The van der Waals surface area contributed by atoms with Crippen molar-refractivity contribution in [2.45, 2.75) is 13.8 Å².